The zero-order chi connectivity index (χ0) is 22.3. The molecule has 0 bridgehead atoms. The molecule has 1 aliphatic carbocycles. The van der Waals surface area contributed by atoms with Crippen LogP contribution in [0.1, 0.15) is 40.2 Å². The second kappa shape index (κ2) is 8.01. The van der Waals surface area contributed by atoms with Crippen molar-refractivity contribution < 1.29 is 22.7 Å². The number of nitrogens with zero attached hydrogens (tertiary/aromatic N) is 1. The molecule has 1 heterocycles. The maximum Gasteiger partial charge on any atom is 0.255 e. The maximum atomic E-state index is 12.8. The first-order valence-corrected chi connectivity index (χ1v) is 12.1. The number of amides is 1. The molecular formula is C23H26N2O5S. The highest BCUT2D eigenvalue weighted by molar-refractivity contribution is 7.92. The number of aliphatic hydroxyl groups is 1. The van der Waals surface area contributed by atoms with Gasteiger partial charge in [0.25, 0.3) is 5.91 Å². The SMILES string of the molecule is CNC(=O)c1c(-c2ccc(C)cc2)oc2cc(N(CCO)S(C)(=O)=O)c(C3CC3)cc12. The van der Waals surface area contributed by atoms with Crippen molar-refractivity contribution in [2.45, 2.75) is 25.7 Å². The van der Waals surface area contributed by atoms with Crippen LogP contribution in [0, 0.1) is 6.92 Å². The minimum absolute atomic E-state index is 0.0438. The van der Waals surface area contributed by atoms with Gasteiger partial charge in [0, 0.05) is 24.1 Å². The molecule has 4 rings (SSSR count). The Morgan fingerprint density at radius 3 is 2.45 bits per heavy atom. The van der Waals surface area contributed by atoms with Gasteiger partial charge in [0.2, 0.25) is 10.0 Å². The Morgan fingerprint density at radius 2 is 1.90 bits per heavy atom. The zero-order valence-corrected chi connectivity index (χ0v) is 18.6. The molecule has 1 aliphatic rings. The normalized spacial score (nSPS) is 14.1. The molecule has 31 heavy (non-hydrogen) atoms. The number of benzene rings is 2. The summed E-state index contributed by atoms with van der Waals surface area (Å²) in [4.78, 5) is 12.8. The van der Waals surface area contributed by atoms with Crippen LogP contribution < -0.4 is 9.62 Å². The van der Waals surface area contributed by atoms with Crippen LogP contribution in [0.4, 0.5) is 5.69 Å². The van der Waals surface area contributed by atoms with Crippen molar-refractivity contribution in [3.05, 3.63) is 53.1 Å². The fourth-order valence-corrected chi connectivity index (χ4v) is 4.83. The van der Waals surface area contributed by atoms with E-state index in [0.717, 1.165) is 35.8 Å². The first-order chi connectivity index (χ1) is 14.7. The monoisotopic (exact) mass is 442 g/mol. The highest BCUT2D eigenvalue weighted by Gasteiger charge is 2.32. The number of furan rings is 1. The molecule has 2 N–H and O–H groups in total. The Balaban J connectivity index is 2.00. The molecule has 0 saturated heterocycles. The summed E-state index contributed by atoms with van der Waals surface area (Å²) in [5, 5.41) is 12.8. The maximum absolute atomic E-state index is 12.8. The Morgan fingerprint density at radius 1 is 1.23 bits per heavy atom. The topological polar surface area (TPSA) is 99.8 Å². The van der Waals surface area contributed by atoms with Crippen LogP contribution in [0.3, 0.4) is 0 Å². The van der Waals surface area contributed by atoms with E-state index in [0.29, 0.717) is 28.0 Å². The van der Waals surface area contributed by atoms with E-state index >= 15 is 0 Å². The lowest BCUT2D eigenvalue weighted by molar-refractivity contribution is 0.0964. The number of hydrogen-bond donors (Lipinski definition) is 2. The molecular weight excluding hydrogens is 416 g/mol. The summed E-state index contributed by atoms with van der Waals surface area (Å²) in [5.41, 5.74) is 4.08. The van der Waals surface area contributed by atoms with Crippen molar-refractivity contribution in [1.29, 1.82) is 0 Å². The van der Waals surface area contributed by atoms with Crippen molar-refractivity contribution in [1.82, 2.24) is 5.32 Å². The summed E-state index contributed by atoms with van der Waals surface area (Å²) in [5.74, 6) is 0.401. The number of hydrogen-bond acceptors (Lipinski definition) is 5. The van der Waals surface area contributed by atoms with Crippen molar-refractivity contribution in [2.24, 2.45) is 0 Å². The van der Waals surface area contributed by atoms with Crippen molar-refractivity contribution in [2.75, 3.05) is 30.8 Å². The van der Waals surface area contributed by atoms with E-state index in [9.17, 15) is 18.3 Å². The summed E-state index contributed by atoms with van der Waals surface area (Å²) in [6.45, 7) is 1.64. The minimum atomic E-state index is -3.61. The third-order valence-electron chi connectivity index (χ3n) is 5.59. The highest BCUT2D eigenvalue weighted by Crippen LogP contribution is 2.48. The van der Waals surface area contributed by atoms with Gasteiger partial charge in [-0.3, -0.25) is 9.10 Å². The highest BCUT2D eigenvalue weighted by atomic mass is 32.2. The van der Waals surface area contributed by atoms with Gasteiger partial charge < -0.3 is 14.8 Å². The molecule has 7 nitrogen and oxygen atoms in total. The Labute approximate surface area is 181 Å². The average Bonchev–Trinajstić information content (AvgIpc) is 3.51. The molecule has 1 saturated carbocycles. The third kappa shape index (κ3) is 4.05. The van der Waals surface area contributed by atoms with Crippen molar-refractivity contribution in [3.8, 4) is 11.3 Å². The zero-order valence-electron chi connectivity index (χ0n) is 17.8. The number of anilines is 1. The van der Waals surface area contributed by atoms with E-state index in [1.807, 2.05) is 37.3 Å². The molecule has 164 valence electrons. The lowest BCUT2D eigenvalue weighted by Crippen LogP contribution is -2.33. The lowest BCUT2D eigenvalue weighted by atomic mass is 10.00. The Bertz CT molecular complexity index is 1240. The lowest BCUT2D eigenvalue weighted by Gasteiger charge is -2.24. The van der Waals surface area contributed by atoms with Crippen molar-refractivity contribution >= 4 is 32.6 Å². The molecule has 0 aliphatic heterocycles. The standard InChI is InChI=1S/C23H26N2O5S/c1-14-4-6-16(7-5-14)22-21(23(27)24-2)18-12-17(15-8-9-15)19(13-20(18)30-22)25(10-11-26)31(3,28)29/h4-7,12-13,15,26H,8-11H2,1-3H3,(H,24,27). The van der Waals surface area contributed by atoms with Crippen LogP contribution >= 0.6 is 0 Å². The molecule has 0 unspecified atom stereocenters. The fourth-order valence-electron chi connectivity index (χ4n) is 3.90. The smallest absolute Gasteiger partial charge is 0.255 e. The van der Waals surface area contributed by atoms with Gasteiger partial charge in [0.15, 0.2) is 0 Å². The predicted molar refractivity (Wildman–Crippen MR) is 121 cm³/mol. The number of aliphatic hydroxyl groups excluding tert-OH is 1. The van der Waals surface area contributed by atoms with Gasteiger partial charge >= 0.3 is 0 Å². The van der Waals surface area contributed by atoms with E-state index in [4.69, 9.17) is 4.42 Å². The quantitative estimate of drug-likeness (QED) is 0.584. The molecule has 2 aromatic carbocycles. The van der Waals surface area contributed by atoms with Gasteiger partial charge in [-0.15, -0.1) is 0 Å². The average molecular weight is 443 g/mol. The second-order valence-corrected chi connectivity index (χ2v) is 9.90. The minimum Gasteiger partial charge on any atom is -0.455 e. The largest absolute Gasteiger partial charge is 0.455 e. The summed E-state index contributed by atoms with van der Waals surface area (Å²) in [7, 11) is -2.03. The summed E-state index contributed by atoms with van der Waals surface area (Å²) in [6.07, 6.45) is 3.03. The van der Waals surface area contributed by atoms with E-state index in [-0.39, 0.29) is 25.0 Å². The molecule has 1 aromatic heterocycles. The molecule has 1 amide bonds. The molecule has 1 fully saturated rings. The number of rotatable bonds is 7. The molecule has 0 spiro atoms. The molecule has 0 radical (unpaired) electrons. The van der Waals surface area contributed by atoms with E-state index in [1.165, 1.54) is 4.31 Å². The third-order valence-corrected chi connectivity index (χ3v) is 6.77. The second-order valence-electron chi connectivity index (χ2n) is 7.99. The Kier molecular flexibility index (Phi) is 5.53. The van der Waals surface area contributed by atoms with Crippen molar-refractivity contribution in [3.63, 3.8) is 0 Å². The van der Waals surface area contributed by atoms with Gasteiger partial charge in [-0.25, -0.2) is 8.42 Å². The van der Waals surface area contributed by atoms with Gasteiger partial charge in [-0.2, -0.15) is 0 Å². The van der Waals surface area contributed by atoms with Crippen LogP contribution in [0.5, 0.6) is 0 Å². The molecule has 0 atom stereocenters. The van der Waals surface area contributed by atoms with E-state index in [2.05, 4.69) is 5.32 Å². The molecule has 3 aromatic rings. The first-order valence-electron chi connectivity index (χ1n) is 10.2. The predicted octanol–water partition coefficient (Wildman–Crippen LogP) is 3.40. The van der Waals surface area contributed by atoms with Crippen LogP contribution in [-0.4, -0.2) is 45.9 Å². The summed E-state index contributed by atoms with van der Waals surface area (Å²) >= 11 is 0. The van der Waals surface area contributed by atoms with Gasteiger partial charge in [-0.05, 0) is 37.3 Å². The van der Waals surface area contributed by atoms with Crippen LogP contribution in [-0.2, 0) is 10.0 Å². The van der Waals surface area contributed by atoms with Crippen LogP contribution in [0.2, 0.25) is 0 Å². The summed E-state index contributed by atoms with van der Waals surface area (Å²) < 4.78 is 32.3. The number of sulfonamides is 1. The number of carbonyl (C=O) groups is 1. The van der Waals surface area contributed by atoms with E-state index in [1.54, 1.807) is 13.1 Å². The Hall–Kier alpha value is -2.84. The number of nitrogens with one attached hydrogen (secondary N) is 1. The number of carbonyl (C=O) groups excluding carboxylic acids is 1. The fraction of sp³-hybridized carbons (Fsp3) is 0.348. The van der Waals surface area contributed by atoms with Gasteiger partial charge in [0.05, 0.1) is 30.7 Å². The molecule has 8 heteroatoms. The number of aryl methyl sites for hydroxylation is 1. The number of fused-ring (bicyclic) bond motifs is 1. The van der Waals surface area contributed by atoms with Crippen LogP contribution in [0.25, 0.3) is 22.3 Å². The summed E-state index contributed by atoms with van der Waals surface area (Å²) in [6, 6.07) is 11.3. The van der Waals surface area contributed by atoms with Gasteiger partial charge in [0.1, 0.15) is 11.3 Å². The first kappa shape index (κ1) is 21.4. The van der Waals surface area contributed by atoms with Crippen LogP contribution in [0.15, 0.2) is 40.8 Å². The van der Waals surface area contributed by atoms with E-state index < -0.39 is 10.0 Å². The van der Waals surface area contributed by atoms with Gasteiger partial charge in [-0.1, -0.05) is 29.8 Å².